The van der Waals surface area contributed by atoms with Gasteiger partial charge in [-0.15, -0.1) is 11.3 Å². The molecule has 1 aromatic carbocycles. The Labute approximate surface area is 174 Å². The maximum Gasteiger partial charge on any atom is 0.416 e. The number of aromatic nitrogens is 2. The van der Waals surface area contributed by atoms with E-state index in [-0.39, 0.29) is 5.69 Å². The van der Waals surface area contributed by atoms with Crippen LogP contribution >= 0.6 is 11.3 Å². The summed E-state index contributed by atoms with van der Waals surface area (Å²) in [6.45, 7) is 3.36. The van der Waals surface area contributed by atoms with Crippen molar-refractivity contribution in [3.63, 3.8) is 0 Å². The van der Waals surface area contributed by atoms with Crippen molar-refractivity contribution in [1.29, 1.82) is 0 Å². The molecule has 6 nitrogen and oxygen atoms in total. The van der Waals surface area contributed by atoms with Crippen LogP contribution in [0.3, 0.4) is 0 Å². The summed E-state index contributed by atoms with van der Waals surface area (Å²) < 4.78 is 38.2. The highest BCUT2D eigenvalue weighted by molar-refractivity contribution is 7.13. The lowest BCUT2D eigenvalue weighted by Crippen LogP contribution is -2.43. The molecule has 0 atom stereocenters. The summed E-state index contributed by atoms with van der Waals surface area (Å²) in [5.74, 6) is -0.395. The van der Waals surface area contributed by atoms with Crippen molar-refractivity contribution in [2.24, 2.45) is 0 Å². The molecule has 1 saturated heterocycles. The van der Waals surface area contributed by atoms with Gasteiger partial charge in [-0.3, -0.25) is 9.78 Å². The molecule has 0 unspecified atom stereocenters. The van der Waals surface area contributed by atoms with E-state index in [0.717, 1.165) is 44.0 Å². The Morgan fingerprint density at radius 2 is 1.87 bits per heavy atom. The van der Waals surface area contributed by atoms with Gasteiger partial charge in [0.25, 0.3) is 5.91 Å². The number of nitrogens with zero attached hydrogens (tertiary/aromatic N) is 3. The molecule has 1 fully saturated rings. The van der Waals surface area contributed by atoms with Gasteiger partial charge in [0, 0.05) is 43.3 Å². The minimum atomic E-state index is -4.39. The monoisotopic (exact) mass is 433 g/mol. The van der Waals surface area contributed by atoms with Gasteiger partial charge in [-0.2, -0.15) is 13.2 Å². The van der Waals surface area contributed by atoms with E-state index in [2.05, 4.69) is 25.5 Å². The van der Waals surface area contributed by atoms with Gasteiger partial charge in [-0.05, 0) is 18.2 Å². The fraction of sp³-hybridized carbons (Fsp3) is 0.250. The van der Waals surface area contributed by atoms with E-state index in [9.17, 15) is 18.0 Å². The molecule has 30 heavy (non-hydrogen) atoms. The van der Waals surface area contributed by atoms with Crippen molar-refractivity contribution in [3.8, 4) is 10.6 Å². The van der Waals surface area contributed by atoms with E-state index in [1.807, 2.05) is 6.07 Å². The lowest BCUT2D eigenvalue weighted by atomic mass is 10.1. The summed E-state index contributed by atoms with van der Waals surface area (Å²) in [5, 5.41) is 8.20. The van der Waals surface area contributed by atoms with Gasteiger partial charge in [0.05, 0.1) is 23.1 Å². The Balaban J connectivity index is 1.50. The number of carbonyl (C=O) groups excluding carboxylic acids is 1. The molecule has 0 saturated carbocycles. The third-order valence-corrected chi connectivity index (χ3v) is 5.59. The first-order valence-electron chi connectivity index (χ1n) is 9.26. The summed E-state index contributed by atoms with van der Waals surface area (Å²) in [7, 11) is 0. The highest BCUT2D eigenvalue weighted by Gasteiger charge is 2.30. The second-order valence-electron chi connectivity index (χ2n) is 6.70. The topological polar surface area (TPSA) is 70.2 Å². The zero-order chi connectivity index (χ0) is 21.1. The van der Waals surface area contributed by atoms with Gasteiger partial charge >= 0.3 is 6.18 Å². The number of nitrogens with one attached hydrogen (secondary N) is 2. The number of carbonyl (C=O) groups is 1. The number of rotatable bonds is 4. The van der Waals surface area contributed by atoms with Gasteiger partial charge in [-0.25, -0.2) is 4.98 Å². The number of pyridine rings is 1. The Hall–Kier alpha value is -2.98. The summed E-state index contributed by atoms with van der Waals surface area (Å²) in [5.41, 5.74) is 1.48. The van der Waals surface area contributed by atoms with Gasteiger partial charge in [0.15, 0.2) is 0 Å². The zero-order valence-electron chi connectivity index (χ0n) is 15.7. The summed E-state index contributed by atoms with van der Waals surface area (Å²) >= 11 is 1.20. The standard InChI is InChI=1S/C20H18F3N5OS/c21-20(22,23)14-3-1-13(2-4-14)19-27-16(12-30-19)18(29)26-15-11-25-6-5-17(15)28-9-7-24-8-10-28/h1-6,11-12,24H,7-10H2,(H,26,29). The predicted octanol–water partition coefficient (Wildman–Crippen LogP) is 3.89. The summed E-state index contributed by atoms with van der Waals surface area (Å²) in [6.07, 6.45) is -1.12. The van der Waals surface area contributed by atoms with Crippen molar-refractivity contribution >= 4 is 28.6 Å². The first kappa shape index (κ1) is 20.3. The van der Waals surface area contributed by atoms with E-state index in [0.29, 0.717) is 16.3 Å². The number of halogens is 3. The molecule has 1 aliphatic rings. The molecule has 4 rings (SSSR count). The van der Waals surface area contributed by atoms with Crippen LogP contribution in [0, 0.1) is 0 Å². The second-order valence-corrected chi connectivity index (χ2v) is 7.56. The fourth-order valence-electron chi connectivity index (χ4n) is 3.16. The molecule has 0 spiro atoms. The van der Waals surface area contributed by atoms with E-state index in [1.54, 1.807) is 17.8 Å². The molecule has 0 bridgehead atoms. The van der Waals surface area contributed by atoms with E-state index in [1.165, 1.54) is 23.5 Å². The Kier molecular flexibility index (Phi) is 5.69. The van der Waals surface area contributed by atoms with Gasteiger partial charge in [-0.1, -0.05) is 12.1 Å². The van der Waals surface area contributed by atoms with Gasteiger partial charge in [0.2, 0.25) is 0 Å². The summed E-state index contributed by atoms with van der Waals surface area (Å²) in [6, 6.07) is 6.58. The van der Waals surface area contributed by atoms with E-state index >= 15 is 0 Å². The van der Waals surface area contributed by atoms with Crippen molar-refractivity contribution < 1.29 is 18.0 Å². The predicted molar refractivity (Wildman–Crippen MR) is 110 cm³/mol. The molecular formula is C20H18F3N5OS. The first-order chi connectivity index (χ1) is 14.4. The minimum absolute atomic E-state index is 0.199. The fourth-order valence-corrected chi connectivity index (χ4v) is 3.97. The largest absolute Gasteiger partial charge is 0.416 e. The first-order valence-corrected chi connectivity index (χ1v) is 10.1. The maximum absolute atomic E-state index is 12.7. The van der Waals surface area contributed by atoms with Crippen LogP contribution in [0.2, 0.25) is 0 Å². The van der Waals surface area contributed by atoms with Crippen LogP contribution in [0.5, 0.6) is 0 Å². The third-order valence-electron chi connectivity index (χ3n) is 4.70. The van der Waals surface area contributed by atoms with Crippen LogP contribution in [-0.2, 0) is 6.18 Å². The molecule has 10 heteroatoms. The van der Waals surface area contributed by atoms with Crippen LogP contribution in [-0.4, -0.2) is 42.1 Å². The average Bonchev–Trinajstić information content (AvgIpc) is 3.25. The van der Waals surface area contributed by atoms with Gasteiger partial charge < -0.3 is 15.5 Å². The Morgan fingerprint density at radius 3 is 2.57 bits per heavy atom. The molecule has 3 heterocycles. The molecule has 156 valence electrons. The lowest BCUT2D eigenvalue weighted by Gasteiger charge is -2.30. The smallest absolute Gasteiger partial charge is 0.367 e. The number of hydrogen-bond donors (Lipinski definition) is 2. The molecular weight excluding hydrogens is 415 g/mol. The average molecular weight is 433 g/mol. The SMILES string of the molecule is O=C(Nc1cnccc1N1CCNCC1)c1csc(-c2ccc(C(F)(F)F)cc2)n1. The van der Waals surface area contributed by atoms with E-state index in [4.69, 9.17) is 0 Å². The highest BCUT2D eigenvalue weighted by atomic mass is 32.1. The van der Waals surface area contributed by atoms with Crippen LogP contribution in [0.25, 0.3) is 10.6 Å². The van der Waals surface area contributed by atoms with Gasteiger partial charge in [0.1, 0.15) is 10.7 Å². The number of benzene rings is 1. The number of hydrogen-bond acceptors (Lipinski definition) is 6. The quantitative estimate of drug-likeness (QED) is 0.654. The number of anilines is 2. The van der Waals surface area contributed by atoms with Crippen LogP contribution in [0.15, 0.2) is 48.1 Å². The number of thiazole rings is 1. The molecule has 0 radical (unpaired) electrons. The minimum Gasteiger partial charge on any atom is -0.367 e. The van der Waals surface area contributed by atoms with Crippen LogP contribution in [0.1, 0.15) is 16.1 Å². The summed E-state index contributed by atoms with van der Waals surface area (Å²) in [4.78, 5) is 23.3. The molecule has 2 N–H and O–H groups in total. The van der Waals surface area contributed by atoms with Crippen molar-refractivity contribution in [2.75, 3.05) is 36.4 Å². The van der Waals surface area contributed by atoms with Crippen molar-refractivity contribution in [2.45, 2.75) is 6.18 Å². The lowest BCUT2D eigenvalue weighted by molar-refractivity contribution is -0.137. The van der Waals surface area contributed by atoms with Crippen LogP contribution < -0.4 is 15.5 Å². The Bertz CT molecular complexity index is 1030. The molecule has 2 aromatic heterocycles. The normalized spacial score (nSPS) is 14.6. The second kappa shape index (κ2) is 8.41. The van der Waals surface area contributed by atoms with Crippen LogP contribution in [0.4, 0.5) is 24.5 Å². The highest BCUT2D eigenvalue weighted by Crippen LogP contribution is 2.32. The third kappa shape index (κ3) is 4.44. The zero-order valence-corrected chi connectivity index (χ0v) is 16.6. The molecule has 1 aliphatic heterocycles. The number of alkyl halides is 3. The van der Waals surface area contributed by atoms with Crippen molar-refractivity contribution in [1.82, 2.24) is 15.3 Å². The molecule has 1 amide bonds. The molecule has 0 aliphatic carbocycles. The molecule has 3 aromatic rings. The Morgan fingerprint density at radius 1 is 1.13 bits per heavy atom. The van der Waals surface area contributed by atoms with Crippen molar-refractivity contribution in [3.05, 3.63) is 59.4 Å². The van der Waals surface area contributed by atoms with E-state index < -0.39 is 17.6 Å². The number of piperazine rings is 1. The number of amides is 1. The maximum atomic E-state index is 12.7.